The molecule has 4 aromatic rings. The lowest BCUT2D eigenvalue weighted by Crippen LogP contribution is -2.53. The highest BCUT2D eigenvalue weighted by molar-refractivity contribution is 6.31. The van der Waals surface area contributed by atoms with Gasteiger partial charge in [-0.15, -0.1) is 0 Å². The van der Waals surface area contributed by atoms with E-state index >= 15 is 0 Å². The molecule has 0 aliphatic heterocycles. The maximum Gasteiger partial charge on any atom is 0.338 e. The molecule has 36 heavy (non-hydrogen) atoms. The molecule has 1 saturated carbocycles. The number of ether oxygens (including phenoxy) is 2. The van der Waals surface area contributed by atoms with Crippen molar-refractivity contribution in [3.8, 4) is 0 Å². The smallest absolute Gasteiger partial charge is 0.338 e. The molecular weight excluding hydrogens is 472 g/mol. The predicted molar refractivity (Wildman–Crippen MR) is 135 cm³/mol. The molecule has 5 atom stereocenters. The minimum Gasteiger partial charge on any atom is -0.454 e. The van der Waals surface area contributed by atoms with Crippen LogP contribution in [0.15, 0.2) is 103 Å². The minimum absolute atomic E-state index is 0.133. The van der Waals surface area contributed by atoms with Crippen LogP contribution in [0.3, 0.4) is 0 Å². The second-order valence-corrected chi connectivity index (χ2v) is 9.99. The molecule has 4 nitrogen and oxygen atoms in total. The highest BCUT2D eigenvalue weighted by atomic mass is 35.5. The van der Waals surface area contributed by atoms with Crippen LogP contribution in [0, 0.1) is 0 Å². The molecule has 3 unspecified atom stereocenters. The molecule has 3 aliphatic carbocycles. The molecule has 0 saturated heterocycles. The molecule has 3 aliphatic rings. The first-order chi connectivity index (χ1) is 17.6. The first-order valence-electron chi connectivity index (χ1n) is 12.0. The second kappa shape index (κ2) is 7.81. The Morgan fingerprint density at radius 1 is 0.611 bits per heavy atom. The molecule has 0 amide bonds. The molecule has 5 heteroatoms. The molecule has 4 aromatic carbocycles. The van der Waals surface area contributed by atoms with Gasteiger partial charge in [0.05, 0.1) is 11.1 Å². The number of hydrogen-bond acceptors (Lipinski definition) is 4. The van der Waals surface area contributed by atoms with Gasteiger partial charge in [-0.1, -0.05) is 84.4 Å². The van der Waals surface area contributed by atoms with Gasteiger partial charge in [-0.2, -0.15) is 0 Å². The molecular formula is C31H21ClO4. The number of fused-ring (bicyclic) bond motifs is 4. The number of halogens is 1. The Kier molecular flexibility index (Phi) is 4.64. The third-order valence-corrected chi connectivity index (χ3v) is 8.35. The zero-order valence-electron chi connectivity index (χ0n) is 19.1. The van der Waals surface area contributed by atoms with Crippen LogP contribution in [0.25, 0.3) is 0 Å². The van der Waals surface area contributed by atoms with Crippen LogP contribution < -0.4 is 0 Å². The summed E-state index contributed by atoms with van der Waals surface area (Å²) in [6, 6.07) is 32.0. The largest absolute Gasteiger partial charge is 0.454 e. The SMILES string of the molecule is O=C(OC1C(OC(=O)c2ccccc2)[C@H]2c3c(Cl)cccc3[C@@]23c2ccccc2C13)c1ccccc1. The van der Waals surface area contributed by atoms with Crippen molar-refractivity contribution in [2.75, 3.05) is 0 Å². The predicted octanol–water partition coefficient (Wildman–Crippen LogP) is 6.29. The lowest BCUT2D eigenvalue weighted by atomic mass is 9.43. The van der Waals surface area contributed by atoms with Gasteiger partial charge in [-0.3, -0.25) is 0 Å². The van der Waals surface area contributed by atoms with Crippen LogP contribution in [0.4, 0.5) is 0 Å². The summed E-state index contributed by atoms with van der Waals surface area (Å²) >= 11 is 6.71. The van der Waals surface area contributed by atoms with E-state index in [2.05, 4.69) is 18.2 Å². The molecule has 0 bridgehead atoms. The molecule has 0 N–H and O–H groups in total. The number of benzene rings is 4. The third-order valence-electron chi connectivity index (χ3n) is 8.02. The maximum atomic E-state index is 13.3. The van der Waals surface area contributed by atoms with Crippen molar-refractivity contribution < 1.29 is 19.1 Å². The highest BCUT2D eigenvalue weighted by Gasteiger charge is 2.76. The fraction of sp³-hybridized carbons (Fsp3) is 0.161. The molecule has 176 valence electrons. The van der Waals surface area contributed by atoms with E-state index in [-0.39, 0.29) is 11.8 Å². The summed E-state index contributed by atoms with van der Waals surface area (Å²) < 4.78 is 12.4. The fourth-order valence-electron chi connectivity index (χ4n) is 6.73. The molecule has 0 radical (unpaired) electrons. The number of carbonyl (C=O) groups excluding carboxylic acids is 2. The summed E-state index contributed by atoms with van der Waals surface area (Å²) in [6.07, 6.45) is -1.34. The Morgan fingerprint density at radius 2 is 1.14 bits per heavy atom. The minimum atomic E-state index is -0.685. The summed E-state index contributed by atoms with van der Waals surface area (Å²) in [5.74, 6) is -1.21. The second-order valence-electron chi connectivity index (χ2n) is 9.58. The van der Waals surface area contributed by atoms with Crippen molar-refractivity contribution in [1.29, 1.82) is 0 Å². The van der Waals surface area contributed by atoms with E-state index in [1.165, 1.54) is 5.56 Å². The van der Waals surface area contributed by atoms with Gasteiger partial charge in [0.2, 0.25) is 0 Å². The van der Waals surface area contributed by atoms with E-state index in [9.17, 15) is 9.59 Å². The van der Waals surface area contributed by atoms with Gasteiger partial charge in [-0.25, -0.2) is 9.59 Å². The van der Waals surface area contributed by atoms with E-state index in [0.717, 1.165) is 16.7 Å². The third kappa shape index (κ3) is 2.71. The molecule has 0 heterocycles. The summed E-state index contributed by atoms with van der Waals surface area (Å²) in [4.78, 5) is 26.6. The van der Waals surface area contributed by atoms with Crippen LogP contribution >= 0.6 is 11.6 Å². The number of rotatable bonds is 4. The maximum absolute atomic E-state index is 13.3. The van der Waals surface area contributed by atoms with E-state index < -0.39 is 29.6 Å². The van der Waals surface area contributed by atoms with Gasteiger partial charge in [0.1, 0.15) is 12.2 Å². The summed E-state index contributed by atoms with van der Waals surface area (Å²) in [5, 5.41) is 0.641. The molecule has 7 rings (SSSR count). The van der Waals surface area contributed by atoms with Crippen molar-refractivity contribution in [2.45, 2.75) is 29.5 Å². The Hall–Kier alpha value is -3.89. The van der Waals surface area contributed by atoms with Crippen molar-refractivity contribution in [1.82, 2.24) is 0 Å². The Morgan fingerprint density at radius 3 is 1.78 bits per heavy atom. The monoisotopic (exact) mass is 492 g/mol. The van der Waals surface area contributed by atoms with E-state index in [4.69, 9.17) is 21.1 Å². The van der Waals surface area contributed by atoms with Crippen LogP contribution in [0.2, 0.25) is 5.02 Å². The zero-order valence-corrected chi connectivity index (χ0v) is 19.9. The van der Waals surface area contributed by atoms with Gasteiger partial charge in [0, 0.05) is 22.3 Å². The van der Waals surface area contributed by atoms with Crippen molar-refractivity contribution in [2.24, 2.45) is 0 Å². The topological polar surface area (TPSA) is 52.6 Å². The van der Waals surface area contributed by atoms with Crippen molar-refractivity contribution >= 4 is 23.5 Å². The summed E-state index contributed by atoms with van der Waals surface area (Å²) in [5.41, 5.74) is 4.92. The first-order valence-corrected chi connectivity index (χ1v) is 12.4. The van der Waals surface area contributed by atoms with Gasteiger partial charge in [0.15, 0.2) is 0 Å². The zero-order chi connectivity index (χ0) is 24.4. The normalized spacial score (nSPS) is 26.2. The van der Waals surface area contributed by atoms with Crippen LogP contribution in [-0.4, -0.2) is 24.1 Å². The molecule has 1 fully saturated rings. The number of hydrogen-bond donors (Lipinski definition) is 0. The first kappa shape index (κ1) is 21.4. The number of carbonyl (C=O) groups is 2. The number of esters is 2. The Balaban J connectivity index is 1.36. The lowest BCUT2D eigenvalue weighted by molar-refractivity contribution is -0.0318. The van der Waals surface area contributed by atoms with E-state index in [1.807, 2.05) is 36.4 Å². The average molecular weight is 493 g/mol. The van der Waals surface area contributed by atoms with Gasteiger partial charge >= 0.3 is 11.9 Å². The van der Waals surface area contributed by atoms with Crippen LogP contribution in [-0.2, 0) is 14.9 Å². The standard InChI is InChI=1S/C31H21ClO4/c32-23-17-9-16-22-24(23)26-28(36-30(34)19-12-5-2-6-13-19)27(35-29(33)18-10-3-1-4-11-18)25-20-14-7-8-15-21(20)31(22,25)26/h1-17,25-28H/t25?,26-,27?,28?,31-/m1/s1. The van der Waals surface area contributed by atoms with Gasteiger partial charge in [0.25, 0.3) is 0 Å². The summed E-state index contributed by atoms with van der Waals surface area (Å²) in [7, 11) is 0. The van der Waals surface area contributed by atoms with Crippen molar-refractivity contribution in [3.63, 3.8) is 0 Å². The van der Waals surface area contributed by atoms with E-state index in [1.54, 1.807) is 48.5 Å². The fourth-order valence-corrected chi connectivity index (χ4v) is 7.02. The molecule has 0 aromatic heterocycles. The highest BCUT2D eigenvalue weighted by Crippen LogP contribution is 2.77. The van der Waals surface area contributed by atoms with Crippen LogP contribution in [0.5, 0.6) is 0 Å². The summed E-state index contributed by atoms with van der Waals surface area (Å²) in [6.45, 7) is 0. The van der Waals surface area contributed by atoms with E-state index in [0.29, 0.717) is 16.1 Å². The lowest BCUT2D eigenvalue weighted by Gasteiger charge is -2.58. The Bertz CT molecular complexity index is 1520. The van der Waals surface area contributed by atoms with Crippen LogP contribution in [0.1, 0.15) is 54.8 Å². The average Bonchev–Trinajstić information content (AvgIpc) is 3.08. The van der Waals surface area contributed by atoms with Crippen molar-refractivity contribution in [3.05, 3.63) is 142 Å². The quantitative estimate of drug-likeness (QED) is 0.314. The molecule has 1 spiro atoms. The van der Waals surface area contributed by atoms with Gasteiger partial charge in [-0.05, 0) is 52.6 Å². The Labute approximate surface area is 213 Å². The van der Waals surface area contributed by atoms with Gasteiger partial charge < -0.3 is 9.47 Å².